The smallest absolute Gasteiger partial charge is 0.448 e. The zero-order chi connectivity index (χ0) is 23.7. The van der Waals surface area contributed by atoms with Crippen LogP contribution < -0.4 is 11.2 Å². The van der Waals surface area contributed by atoms with Crippen molar-refractivity contribution in [3.8, 4) is 11.1 Å². The first-order chi connectivity index (χ1) is 16.5. The number of nitrogens with two attached hydrogens (primary N) is 1. The van der Waals surface area contributed by atoms with Gasteiger partial charge in [-0.2, -0.15) is 0 Å². The van der Waals surface area contributed by atoms with Crippen molar-refractivity contribution in [2.45, 2.75) is 12.5 Å². The molecule has 0 unspecified atom stereocenters. The van der Waals surface area contributed by atoms with Gasteiger partial charge < -0.3 is 25.4 Å². The maximum Gasteiger partial charge on any atom is 0.488 e. The number of hydrogen-bond acceptors (Lipinski definition) is 6. The second-order valence-electron chi connectivity index (χ2n) is 8.95. The van der Waals surface area contributed by atoms with Crippen LogP contribution in [-0.4, -0.2) is 65.8 Å². The van der Waals surface area contributed by atoms with Gasteiger partial charge in [0.25, 0.3) is 0 Å². The highest BCUT2D eigenvalue weighted by molar-refractivity contribution is 6.58. The van der Waals surface area contributed by atoms with Crippen molar-refractivity contribution in [2.24, 2.45) is 0 Å². The number of carbonyl (C=O) groups is 1. The molecule has 8 heteroatoms. The fraction of sp³-hybridized carbons (Fsp3) is 0.269. The molecular formula is C26H28BN3O4. The average molecular weight is 457 g/mol. The summed E-state index contributed by atoms with van der Waals surface area (Å²) in [5, 5.41) is 18.9. The van der Waals surface area contributed by atoms with E-state index < -0.39 is 7.12 Å². The molecule has 5 rings (SSSR count). The Morgan fingerprint density at radius 3 is 2.18 bits per heavy atom. The van der Waals surface area contributed by atoms with Crippen LogP contribution in [0.4, 0.5) is 10.5 Å². The molecule has 1 amide bonds. The number of nitrogens with zero attached hydrogens (tertiary/aromatic N) is 2. The molecule has 1 saturated heterocycles. The Morgan fingerprint density at radius 2 is 1.56 bits per heavy atom. The highest BCUT2D eigenvalue weighted by atomic mass is 16.6. The molecule has 0 atom stereocenters. The van der Waals surface area contributed by atoms with Gasteiger partial charge in [0.05, 0.1) is 0 Å². The number of fused-ring (bicyclic) bond motifs is 3. The van der Waals surface area contributed by atoms with E-state index in [-0.39, 0.29) is 12.0 Å². The summed E-state index contributed by atoms with van der Waals surface area (Å²) in [7, 11) is -1.55. The van der Waals surface area contributed by atoms with Gasteiger partial charge in [0.2, 0.25) is 0 Å². The van der Waals surface area contributed by atoms with Crippen LogP contribution in [0.1, 0.15) is 22.6 Å². The van der Waals surface area contributed by atoms with Crippen LogP contribution >= 0.6 is 0 Å². The van der Waals surface area contributed by atoms with Gasteiger partial charge in [0, 0.05) is 44.3 Å². The fourth-order valence-corrected chi connectivity index (χ4v) is 5.02. The van der Waals surface area contributed by atoms with E-state index in [2.05, 4.69) is 29.2 Å². The highest BCUT2D eigenvalue weighted by Gasteiger charge is 2.30. The van der Waals surface area contributed by atoms with E-state index in [1.165, 1.54) is 22.3 Å². The third kappa shape index (κ3) is 4.52. The first-order valence-corrected chi connectivity index (χ1v) is 11.6. The van der Waals surface area contributed by atoms with Gasteiger partial charge in [-0.1, -0.05) is 54.6 Å². The van der Waals surface area contributed by atoms with E-state index in [1.807, 2.05) is 30.3 Å². The zero-order valence-corrected chi connectivity index (χ0v) is 18.9. The van der Waals surface area contributed by atoms with Gasteiger partial charge in [0.1, 0.15) is 6.61 Å². The molecule has 7 nitrogen and oxygen atoms in total. The van der Waals surface area contributed by atoms with E-state index in [0.29, 0.717) is 50.5 Å². The molecular weight excluding hydrogens is 429 g/mol. The number of anilines is 1. The van der Waals surface area contributed by atoms with E-state index >= 15 is 0 Å². The Labute approximate surface area is 199 Å². The van der Waals surface area contributed by atoms with Gasteiger partial charge in [-0.25, -0.2) is 4.79 Å². The molecule has 3 aromatic carbocycles. The Bertz CT molecular complexity index is 1150. The summed E-state index contributed by atoms with van der Waals surface area (Å²) in [5.41, 5.74) is 12.5. The molecule has 174 valence electrons. The summed E-state index contributed by atoms with van der Waals surface area (Å²) in [6.07, 6.45) is -0.281. The normalized spacial score (nSPS) is 15.6. The molecule has 0 bridgehead atoms. The van der Waals surface area contributed by atoms with Crippen molar-refractivity contribution >= 4 is 24.4 Å². The molecule has 0 radical (unpaired) electrons. The zero-order valence-electron chi connectivity index (χ0n) is 18.9. The number of hydrogen-bond donors (Lipinski definition) is 3. The summed E-state index contributed by atoms with van der Waals surface area (Å²) < 4.78 is 5.79. The molecule has 1 aliphatic heterocycles. The second-order valence-corrected chi connectivity index (χ2v) is 8.95. The van der Waals surface area contributed by atoms with E-state index in [4.69, 9.17) is 10.5 Å². The standard InChI is InChI=1S/C26H28BN3O4/c28-20-14-18(13-19(15-20)27(32)33)16-29-9-11-30(12-10-29)26(31)34-17-25-23-7-3-1-5-21(23)22-6-2-4-8-24(22)25/h1-8,13-15,25,32-33H,9-12,16-17,28H2. The monoisotopic (exact) mass is 457 g/mol. The Kier molecular flexibility index (Phi) is 6.28. The molecule has 2 aliphatic rings. The molecule has 3 aromatic rings. The molecule has 1 heterocycles. The number of carbonyl (C=O) groups excluding carboxylic acids is 1. The maximum atomic E-state index is 12.8. The van der Waals surface area contributed by atoms with E-state index in [0.717, 1.165) is 5.56 Å². The van der Waals surface area contributed by atoms with Crippen LogP contribution in [0, 0.1) is 0 Å². The molecule has 34 heavy (non-hydrogen) atoms. The molecule has 0 spiro atoms. The Morgan fingerprint density at radius 1 is 0.941 bits per heavy atom. The minimum Gasteiger partial charge on any atom is -0.448 e. The lowest BCUT2D eigenvalue weighted by Gasteiger charge is -2.34. The molecule has 4 N–H and O–H groups in total. The van der Waals surface area contributed by atoms with Crippen molar-refractivity contribution in [2.75, 3.05) is 38.5 Å². The molecule has 1 aliphatic carbocycles. The van der Waals surface area contributed by atoms with Gasteiger partial charge in [0.15, 0.2) is 0 Å². The summed E-state index contributed by atoms with van der Waals surface area (Å²) in [6, 6.07) is 21.8. The first-order valence-electron chi connectivity index (χ1n) is 11.6. The lowest BCUT2D eigenvalue weighted by molar-refractivity contribution is 0.0728. The van der Waals surface area contributed by atoms with Crippen molar-refractivity contribution in [1.82, 2.24) is 9.80 Å². The predicted octanol–water partition coefficient (Wildman–Crippen LogP) is 2.02. The SMILES string of the molecule is Nc1cc(CN2CCN(C(=O)OCC3c4ccccc4-c4ccccc43)CC2)cc(B(O)O)c1. The molecule has 0 saturated carbocycles. The van der Waals surface area contributed by atoms with Gasteiger partial charge >= 0.3 is 13.2 Å². The van der Waals surface area contributed by atoms with Crippen molar-refractivity contribution < 1.29 is 19.6 Å². The lowest BCUT2D eigenvalue weighted by Crippen LogP contribution is -2.48. The highest BCUT2D eigenvalue weighted by Crippen LogP contribution is 2.44. The third-order valence-corrected chi connectivity index (χ3v) is 6.71. The quantitative estimate of drug-likeness (QED) is 0.401. The first kappa shape index (κ1) is 22.5. The molecule has 1 fully saturated rings. The molecule has 0 aromatic heterocycles. The number of piperazine rings is 1. The second kappa shape index (κ2) is 9.50. The average Bonchev–Trinajstić information content (AvgIpc) is 3.16. The minimum atomic E-state index is -1.55. The van der Waals surface area contributed by atoms with Gasteiger partial charge in [-0.15, -0.1) is 0 Å². The minimum absolute atomic E-state index is 0.0530. The van der Waals surface area contributed by atoms with Crippen LogP contribution in [0.3, 0.4) is 0 Å². The number of ether oxygens (including phenoxy) is 1. The van der Waals surface area contributed by atoms with Crippen molar-refractivity contribution in [3.05, 3.63) is 83.4 Å². The van der Waals surface area contributed by atoms with Crippen LogP contribution in [0.5, 0.6) is 0 Å². The number of rotatable bonds is 5. The lowest BCUT2D eigenvalue weighted by atomic mass is 9.79. The van der Waals surface area contributed by atoms with Crippen LogP contribution in [0.15, 0.2) is 66.7 Å². The Balaban J connectivity index is 1.17. The maximum absolute atomic E-state index is 12.8. The Hall–Kier alpha value is -3.33. The van der Waals surface area contributed by atoms with Crippen LogP contribution in [0.25, 0.3) is 11.1 Å². The number of benzene rings is 3. The number of amides is 1. The summed E-state index contributed by atoms with van der Waals surface area (Å²) in [5.74, 6) is 0.0530. The summed E-state index contributed by atoms with van der Waals surface area (Å²) in [6.45, 7) is 3.51. The summed E-state index contributed by atoms with van der Waals surface area (Å²) in [4.78, 5) is 16.8. The van der Waals surface area contributed by atoms with Gasteiger partial charge in [-0.05, 0) is 45.4 Å². The van der Waals surface area contributed by atoms with Crippen molar-refractivity contribution in [1.29, 1.82) is 0 Å². The van der Waals surface area contributed by atoms with E-state index in [1.54, 1.807) is 17.0 Å². The largest absolute Gasteiger partial charge is 0.488 e. The van der Waals surface area contributed by atoms with Crippen molar-refractivity contribution in [3.63, 3.8) is 0 Å². The number of nitrogen functional groups attached to an aromatic ring is 1. The third-order valence-electron chi connectivity index (χ3n) is 6.71. The predicted molar refractivity (Wildman–Crippen MR) is 133 cm³/mol. The van der Waals surface area contributed by atoms with Crippen LogP contribution in [0.2, 0.25) is 0 Å². The summed E-state index contributed by atoms with van der Waals surface area (Å²) >= 11 is 0. The topological polar surface area (TPSA) is 99.3 Å². The van der Waals surface area contributed by atoms with E-state index in [9.17, 15) is 14.8 Å². The van der Waals surface area contributed by atoms with Crippen LogP contribution in [-0.2, 0) is 11.3 Å². The van der Waals surface area contributed by atoms with Gasteiger partial charge in [-0.3, -0.25) is 4.90 Å². The fourth-order valence-electron chi connectivity index (χ4n) is 5.02.